The molecular formula is C26H25N8O9S3+. The molecule has 3 aromatic rings. The van der Waals surface area contributed by atoms with Gasteiger partial charge in [0.05, 0.1) is 13.2 Å². The summed E-state index contributed by atoms with van der Waals surface area (Å²) < 4.78 is 1.73. The predicted molar refractivity (Wildman–Crippen MR) is 165 cm³/mol. The lowest BCUT2D eigenvalue weighted by molar-refractivity contribution is -0.713. The quantitative estimate of drug-likeness (QED) is 0.0266. The van der Waals surface area contributed by atoms with Crippen LogP contribution in [-0.2, 0) is 31.1 Å². The van der Waals surface area contributed by atoms with Gasteiger partial charge in [0.15, 0.2) is 22.3 Å². The van der Waals surface area contributed by atoms with E-state index in [0.717, 1.165) is 28.4 Å². The summed E-state index contributed by atoms with van der Waals surface area (Å²) in [6, 6.07) is 3.66. The number of aromatic hydroxyl groups is 2. The van der Waals surface area contributed by atoms with Crippen molar-refractivity contribution in [2.75, 3.05) is 23.0 Å². The summed E-state index contributed by atoms with van der Waals surface area (Å²) in [6.07, 6.45) is -0.0956. The topological polar surface area (TPSA) is 268 Å². The first kappa shape index (κ1) is 32.3. The lowest BCUT2D eigenvalue weighted by atomic mass is 10.0. The van der Waals surface area contributed by atoms with Crippen molar-refractivity contribution in [3.8, 4) is 11.5 Å². The first-order valence-corrected chi connectivity index (χ1v) is 15.9. The number of aliphatic carboxylic acids is 2. The number of aromatic nitrogens is 3. The monoisotopic (exact) mass is 689 g/mol. The third kappa shape index (κ3) is 6.48. The van der Waals surface area contributed by atoms with Crippen LogP contribution in [0.25, 0.3) is 0 Å². The molecule has 0 radical (unpaired) electrons. The number of carbonyl (C=O) groups is 4. The van der Waals surface area contributed by atoms with Crippen molar-refractivity contribution in [2.45, 2.75) is 22.7 Å². The Bertz CT molecular complexity index is 1810. The predicted octanol–water partition coefficient (Wildman–Crippen LogP) is 0.0157. The van der Waals surface area contributed by atoms with Crippen molar-refractivity contribution in [1.82, 2.24) is 20.2 Å². The molecule has 0 spiro atoms. The van der Waals surface area contributed by atoms with E-state index in [4.69, 9.17) is 16.3 Å². The maximum Gasteiger partial charge on any atom is 0.361 e. The van der Waals surface area contributed by atoms with Crippen LogP contribution in [0.5, 0.6) is 11.5 Å². The minimum Gasteiger partial charge on any atom is -0.504 e. The number of carboxylic acids is 2. The zero-order valence-electron chi connectivity index (χ0n) is 23.6. The van der Waals surface area contributed by atoms with Crippen molar-refractivity contribution < 1.29 is 49.0 Å². The molecule has 1 saturated heterocycles. The molecule has 1 fully saturated rings. The molecule has 5 rings (SSSR count). The van der Waals surface area contributed by atoms with Gasteiger partial charge in [-0.3, -0.25) is 14.5 Å². The number of thiazole rings is 1. The second-order valence-electron chi connectivity index (χ2n) is 9.74. The smallest absolute Gasteiger partial charge is 0.361 e. The fourth-order valence-electron chi connectivity index (χ4n) is 4.43. The molecule has 2 aliphatic heterocycles. The molecule has 3 atom stereocenters. The van der Waals surface area contributed by atoms with Crippen LogP contribution in [0.4, 0.5) is 10.9 Å². The van der Waals surface area contributed by atoms with Gasteiger partial charge < -0.3 is 42.0 Å². The second kappa shape index (κ2) is 13.1. The number of nitrogens with zero attached hydrogens (tertiary/aromatic N) is 5. The van der Waals surface area contributed by atoms with Gasteiger partial charge in [-0.2, -0.15) is 0 Å². The van der Waals surface area contributed by atoms with E-state index in [9.17, 15) is 39.6 Å². The number of rotatable bonds is 11. The number of carbonyl (C=O) groups excluding carboxylic acids is 2. The van der Waals surface area contributed by atoms with Gasteiger partial charge in [-0.05, 0) is 34.5 Å². The fraction of sp³-hybridized carbons (Fsp3) is 0.231. The summed E-state index contributed by atoms with van der Waals surface area (Å²) in [4.78, 5) is 65.5. The number of hydrogen-bond donors (Lipinski definition) is 7. The van der Waals surface area contributed by atoms with Gasteiger partial charge in [0, 0.05) is 28.5 Å². The molecule has 0 unspecified atom stereocenters. The van der Waals surface area contributed by atoms with Crippen molar-refractivity contribution in [1.29, 1.82) is 0 Å². The summed E-state index contributed by atoms with van der Waals surface area (Å²) in [5.74, 6) is -4.82. The van der Waals surface area contributed by atoms with Crippen LogP contribution in [0, 0.1) is 0 Å². The van der Waals surface area contributed by atoms with Crippen LogP contribution in [0.2, 0.25) is 0 Å². The minimum absolute atomic E-state index is 0.0612. The van der Waals surface area contributed by atoms with E-state index in [0.29, 0.717) is 16.5 Å². The number of aryl methyl sites for hydroxylation is 1. The third-order valence-electron chi connectivity index (χ3n) is 6.66. The maximum absolute atomic E-state index is 13.4. The first-order chi connectivity index (χ1) is 21.8. The molecule has 0 aliphatic carbocycles. The second-order valence-corrected chi connectivity index (χ2v) is 12.7. The molecule has 20 heteroatoms. The number of β-lactam (4-membered cyclic amide) rings is 1. The highest BCUT2D eigenvalue weighted by Gasteiger charge is 2.54. The van der Waals surface area contributed by atoms with Gasteiger partial charge in [-0.25, -0.2) is 19.1 Å². The van der Waals surface area contributed by atoms with E-state index in [-0.39, 0.29) is 33.6 Å². The van der Waals surface area contributed by atoms with Crippen LogP contribution in [0.3, 0.4) is 0 Å². The van der Waals surface area contributed by atoms with Gasteiger partial charge >= 0.3 is 17.1 Å². The number of carboxylic acid groups (broad SMARTS) is 2. The number of fused-ring (bicyclic) bond motifs is 1. The SMILES string of the molecule is C[n+]1ccc(N)nc1SCC1=C(C(=O)O)N2C(=O)[C@@H](NC(=O)/C(=N\O[C@H](C(=O)O)c3ccc(O)c(O)c3)c3csc(N)n3)[C@H]2SC1. The number of nitrogen functional groups attached to an aromatic ring is 2. The average molecular weight is 690 g/mol. The number of oxime groups is 1. The Hall–Kier alpha value is -5.08. The highest BCUT2D eigenvalue weighted by Crippen LogP contribution is 2.41. The van der Waals surface area contributed by atoms with E-state index in [1.165, 1.54) is 35.0 Å². The molecule has 4 heterocycles. The Labute approximate surface area is 271 Å². The molecule has 2 aromatic heterocycles. The standard InChI is InChI=1S/C26H24N8O9S3/c1-33-5-4-15(27)30-26(33)46-8-11-7-44-22-17(21(38)34(22)18(11)23(39)40)31-20(37)16(12-9-45-25(28)29-12)32-43-19(24(41)42)10-2-3-13(35)14(36)6-10/h2-6,9,17,19,22,27H,7-8H2,1H3,(H7,28,29,31,32,35,36,37,39,40,41,42)/p+1/t17-,19+,22-/m1/s1. The number of amides is 2. The minimum atomic E-state index is -1.82. The number of anilines is 2. The molecule has 0 bridgehead atoms. The Morgan fingerprint density at radius 3 is 2.63 bits per heavy atom. The van der Waals surface area contributed by atoms with E-state index in [2.05, 4.69) is 20.4 Å². The summed E-state index contributed by atoms with van der Waals surface area (Å²) in [6.45, 7) is 0. The lowest BCUT2D eigenvalue weighted by Crippen LogP contribution is -2.71. The summed E-state index contributed by atoms with van der Waals surface area (Å²) in [7, 11) is 1.77. The molecule has 2 amide bonds. The number of benzene rings is 1. The van der Waals surface area contributed by atoms with Crippen LogP contribution in [0.15, 0.2) is 57.4 Å². The molecule has 240 valence electrons. The van der Waals surface area contributed by atoms with Gasteiger partial charge in [0.25, 0.3) is 11.8 Å². The van der Waals surface area contributed by atoms with Crippen molar-refractivity contribution in [2.24, 2.45) is 12.2 Å². The van der Waals surface area contributed by atoms with Gasteiger partial charge in [0.1, 0.15) is 22.8 Å². The summed E-state index contributed by atoms with van der Waals surface area (Å²) in [5.41, 5.74) is 11.1. The number of thioether (sulfide) groups is 2. The van der Waals surface area contributed by atoms with Crippen LogP contribution in [-0.4, -0.2) is 87.7 Å². The van der Waals surface area contributed by atoms with E-state index >= 15 is 0 Å². The van der Waals surface area contributed by atoms with Crippen LogP contribution in [0.1, 0.15) is 17.4 Å². The molecule has 17 nitrogen and oxygen atoms in total. The molecule has 0 saturated carbocycles. The Morgan fingerprint density at radius 2 is 1.98 bits per heavy atom. The molecule has 46 heavy (non-hydrogen) atoms. The number of phenolic OH excluding ortho intramolecular Hbond substituents is 2. The normalized spacial score (nSPS) is 18.4. The first-order valence-electron chi connectivity index (χ1n) is 13.0. The van der Waals surface area contributed by atoms with Gasteiger partial charge in [-0.1, -0.05) is 11.2 Å². The average Bonchev–Trinajstić information content (AvgIpc) is 3.44. The Morgan fingerprint density at radius 1 is 1.22 bits per heavy atom. The van der Waals surface area contributed by atoms with Gasteiger partial charge in [0.2, 0.25) is 11.9 Å². The van der Waals surface area contributed by atoms with Crippen molar-refractivity contribution in [3.63, 3.8) is 0 Å². The highest BCUT2D eigenvalue weighted by molar-refractivity contribution is 8.01. The Kier molecular flexibility index (Phi) is 9.21. The largest absolute Gasteiger partial charge is 0.504 e. The summed E-state index contributed by atoms with van der Waals surface area (Å²) in [5, 5.41) is 46.5. The maximum atomic E-state index is 13.4. The highest BCUT2D eigenvalue weighted by atomic mass is 32.2. The van der Waals surface area contributed by atoms with Crippen LogP contribution < -0.4 is 21.4 Å². The molecular weight excluding hydrogens is 665 g/mol. The lowest BCUT2D eigenvalue weighted by Gasteiger charge is -2.49. The van der Waals surface area contributed by atoms with E-state index < -0.39 is 58.5 Å². The third-order valence-corrected chi connectivity index (χ3v) is 9.81. The fourth-order valence-corrected chi connectivity index (χ4v) is 7.43. The van der Waals surface area contributed by atoms with Gasteiger partial charge in [-0.15, -0.1) is 23.1 Å². The van der Waals surface area contributed by atoms with E-state index in [1.54, 1.807) is 23.9 Å². The van der Waals surface area contributed by atoms with Crippen molar-refractivity contribution in [3.05, 3.63) is 58.4 Å². The zero-order chi connectivity index (χ0) is 33.3. The molecule has 2 aliphatic rings. The van der Waals surface area contributed by atoms with E-state index in [1.807, 2.05) is 0 Å². The Balaban J connectivity index is 1.35. The number of nitrogens with one attached hydrogen (secondary N) is 1. The number of hydrogen-bond acceptors (Lipinski definition) is 15. The van der Waals surface area contributed by atoms with Crippen LogP contribution >= 0.6 is 34.9 Å². The number of phenols is 2. The van der Waals surface area contributed by atoms with Crippen molar-refractivity contribution >= 4 is 75.3 Å². The zero-order valence-corrected chi connectivity index (χ0v) is 26.0. The number of nitrogens with two attached hydrogens (primary N) is 2. The molecule has 1 aromatic carbocycles. The molecule has 9 N–H and O–H groups in total. The summed E-state index contributed by atoms with van der Waals surface area (Å²) >= 11 is 3.47.